The largest absolute Gasteiger partial charge is 0.350 e. The molecule has 1 aliphatic heterocycles. The Morgan fingerprint density at radius 3 is 2.79 bits per heavy atom. The molecule has 0 aliphatic carbocycles. The van der Waals surface area contributed by atoms with Gasteiger partial charge in [-0.1, -0.05) is 35.0 Å². The topological polar surface area (TPSA) is 109 Å². The van der Waals surface area contributed by atoms with Crippen molar-refractivity contribution in [1.82, 2.24) is 30.5 Å². The van der Waals surface area contributed by atoms with Gasteiger partial charge in [-0.25, -0.2) is 9.48 Å². The fourth-order valence-corrected chi connectivity index (χ4v) is 2.96. The highest BCUT2D eigenvalue weighted by Gasteiger charge is 2.39. The van der Waals surface area contributed by atoms with E-state index in [1.54, 1.807) is 10.9 Å². The van der Waals surface area contributed by atoms with Gasteiger partial charge in [-0.2, -0.15) is 0 Å². The zero-order chi connectivity index (χ0) is 20.3. The number of aromatic nitrogens is 3. The number of nitrogens with one attached hydrogen (secondary N) is 2. The molecule has 9 nitrogen and oxygen atoms in total. The zero-order valence-corrected chi connectivity index (χ0v) is 16.2. The van der Waals surface area contributed by atoms with Crippen LogP contribution < -0.4 is 10.6 Å². The van der Waals surface area contributed by atoms with E-state index in [1.165, 1.54) is 0 Å². The van der Waals surface area contributed by atoms with Crippen LogP contribution in [0.2, 0.25) is 0 Å². The minimum atomic E-state index is -0.741. The third-order valence-electron chi connectivity index (χ3n) is 4.48. The van der Waals surface area contributed by atoms with Crippen molar-refractivity contribution in [2.45, 2.75) is 45.8 Å². The van der Waals surface area contributed by atoms with E-state index in [1.807, 2.05) is 45.0 Å². The van der Waals surface area contributed by atoms with Gasteiger partial charge in [0.1, 0.15) is 12.6 Å². The third-order valence-corrected chi connectivity index (χ3v) is 4.48. The summed E-state index contributed by atoms with van der Waals surface area (Å²) >= 11 is 0. The molecule has 2 aromatic rings. The van der Waals surface area contributed by atoms with E-state index in [0.717, 1.165) is 16.0 Å². The van der Waals surface area contributed by atoms with E-state index >= 15 is 0 Å². The first-order valence-electron chi connectivity index (χ1n) is 9.18. The Balaban J connectivity index is 1.54. The smallest absolute Gasteiger partial charge is 0.325 e. The fourth-order valence-electron chi connectivity index (χ4n) is 2.96. The summed E-state index contributed by atoms with van der Waals surface area (Å²) in [5.41, 5.74) is 2.66. The second-order valence-electron chi connectivity index (χ2n) is 7.18. The number of hydrogen-bond acceptors (Lipinski definition) is 5. The molecule has 0 radical (unpaired) electrons. The maximum absolute atomic E-state index is 12.5. The molecule has 0 bridgehead atoms. The lowest BCUT2D eigenvalue weighted by molar-refractivity contribution is -0.132. The number of urea groups is 1. The van der Waals surface area contributed by atoms with Gasteiger partial charge in [0.25, 0.3) is 5.91 Å². The quantitative estimate of drug-likeness (QED) is 0.691. The molecule has 1 fully saturated rings. The van der Waals surface area contributed by atoms with Crippen LogP contribution in [0, 0.1) is 6.92 Å². The number of imide groups is 1. The Morgan fingerprint density at radius 2 is 2.11 bits per heavy atom. The molecule has 0 unspecified atom stereocenters. The predicted molar refractivity (Wildman–Crippen MR) is 101 cm³/mol. The van der Waals surface area contributed by atoms with Crippen LogP contribution >= 0.6 is 0 Å². The highest BCUT2D eigenvalue weighted by Crippen LogP contribution is 2.12. The van der Waals surface area contributed by atoms with Crippen LogP contribution in [0.5, 0.6) is 0 Å². The fraction of sp³-hybridized carbons (Fsp3) is 0.421. The summed E-state index contributed by atoms with van der Waals surface area (Å²) in [7, 11) is 0. The van der Waals surface area contributed by atoms with Crippen LogP contribution in [0.25, 0.3) is 0 Å². The van der Waals surface area contributed by atoms with Gasteiger partial charge in [0.2, 0.25) is 5.91 Å². The molecule has 148 valence electrons. The van der Waals surface area contributed by atoms with Crippen molar-refractivity contribution < 1.29 is 14.4 Å². The maximum Gasteiger partial charge on any atom is 0.325 e. The molecule has 3 rings (SSSR count). The maximum atomic E-state index is 12.5. The van der Waals surface area contributed by atoms with Crippen molar-refractivity contribution in [3.05, 3.63) is 47.3 Å². The molecule has 1 saturated heterocycles. The molecule has 1 atom stereocenters. The number of hydrogen-bond donors (Lipinski definition) is 2. The molecular formula is C19H24N6O3. The third kappa shape index (κ3) is 4.54. The van der Waals surface area contributed by atoms with E-state index < -0.39 is 23.9 Å². The number of carbonyl (C=O) groups excluding carboxylic acids is 3. The lowest BCUT2D eigenvalue weighted by atomic mass is 10.1. The second kappa shape index (κ2) is 8.20. The first-order chi connectivity index (χ1) is 13.3. The molecule has 2 N–H and O–H groups in total. The van der Waals surface area contributed by atoms with Crippen LogP contribution in [0.3, 0.4) is 0 Å². The number of aryl methyl sites for hydroxylation is 1. The normalized spacial score (nSPS) is 16.6. The highest BCUT2D eigenvalue weighted by molar-refractivity contribution is 6.06. The van der Waals surface area contributed by atoms with Crippen LogP contribution in [0.1, 0.15) is 36.7 Å². The van der Waals surface area contributed by atoms with Crippen molar-refractivity contribution >= 4 is 17.8 Å². The average molecular weight is 384 g/mol. The van der Waals surface area contributed by atoms with E-state index in [0.29, 0.717) is 12.2 Å². The monoisotopic (exact) mass is 384 g/mol. The van der Waals surface area contributed by atoms with Crippen molar-refractivity contribution in [3.8, 4) is 0 Å². The number of amides is 4. The van der Waals surface area contributed by atoms with Crippen LogP contribution in [0.15, 0.2) is 30.5 Å². The zero-order valence-electron chi connectivity index (χ0n) is 16.2. The Bertz CT molecular complexity index is 891. The number of nitrogens with zero attached hydrogens (tertiary/aromatic N) is 4. The highest BCUT2D eigenvalue weighted by atomic mass is 16.2. The summed E-state index contributed by atoms with van der Waals surface area (Å²) in [5, 5.41) is 13.4. The Hall–Kier alpha value is -3.23. The summed E-state index contributed by atoms with van der Waals surface area (Å²) in [6.07, 6.45) is 1.99. The second-order valence-corrected chi connectivity index (χ2v) is 7.18. The van der Waals surface area contributed by atoms with Crippen molar-refractivity contribution in [2.24, 2.45) is 0 Å². The summed E-state index contributed by atoms with van der Waals surface area (Å²) < 4.78 is 1.69. The van der Waals surface area contributed by atoms with Crippen LogP contribution in [-0.4, -0.2) is 50.3 Å². The Morgan fingerprint density at radius 1 is 1.32 bits per heavy atom. The summed E-state index contributed by atoms with van der Waals surface area (Å²) in [6, 6.07) is 6.60. The molecule has 9 heteroatoms. The molecule has 0 spiro atoms. The molecule has 1 aromatic carbocycles. The van der Waals surface area contributed by atoms with Crippen LogP contribution in [-0.2, 0) is 22.6 Å². The van der Waals surface area contributed by atoms with Gasteiger partial charge in [0.05, 0.1) is 5.69 Å². The van der Waals surface area contributed by atoms with Crippen molar-refractivity contribution in [3.63, 3.8) is 0 Å². The first-order valence-corrected chi connectivity index (χ1v) is 9.18. The first kappa shape index (κ1) is 19.5. The van der Waals surface area contributed by atoms with E-state index in [-0.39, 0.29) is 19.0 Å². The predicted octanol–water partition coefficient (Wildman–Crippen LogP) is 0.947. The molecule has 1 aromatic heterocycles. The van der Waals surface area contributed by atoms with E-state index in [9.17, 15) is 14.4 Å². The molecule has 1 aliphatic rings. The molecule has 2 heterocycles. The standard InChI is InChI=1S/C19H24N6O3/c1-12(2)25-10-15(22-23-25)8-16-18(27)24(19(28)21-16)11-17(26)20-9-14-6-4-5-13(3)7-14/h4-7,10,12,16H,8-9,11H2,1-3H3,(H,20,26)(H,21,28)/t16-/m1/s1. The minimum absolute atomic E-state index is 0.156. The van der Waals surface area contributed by atoms with Gasteiger partial charge in [-0.15, -0.1) is 5.10 Å². The SMILES string of the molecule is Cc1cccc(CNC(=O)CN2C(=O)N[C@H](Cc3cn(C(C)C)nn3)C2=O)c1. The summed E-state index contributed by atoms with van der Waals surface area (Å²) in [5.74, 6) is -0.828. The van der Waals surface area contributed by atoms with Crippen molar-refractivity contribution in [1.29, 1.82) is 0 Å². The molecule has 4 amide bonds. The molecular weight excluding hydrogens is 360 g/mol. The Kier molecular flexibility index (Phi) is 5.72. The number of rotatable bonds is 7. The van der Waals surface area contributed by atoms with E-state index in [2.05, 4.69) is 20.9 Å². The van der Waals surface area contributed by atoms with Crippen molar-refractivity contribution in [2.75, 3.05) is 6.54 Å². The van der Waals surface area contributed by atoms with Gasteiger partial charge in [0, 0.05) is 25.2 Å². The summed E-state index contributed by atoms with van der Waals surface area (Å²) in [6.45, 7) is 5.94. The number of carbonyl (C=O) groups is 3. The molecule has 0 saturated carbocycles. The average Bonchev–Trinajstić information content (AvgIpc) is 3.21. The van der Waals surface area contributed by atoms with Gasteiger partial charge < -0.3 is 10.6 Å². The van der Waals surface area contributed by atoms with E-state index in [4.69, 9.17) is 0 Å². The van der Waals surface area contributed by atoms with Gasteiger partial charge in [0.15, 0.2) is 0 Å². The lowest BCUT2D eigenvalue weighted by Gasteiger charge is -2.13. The number of benzene rings is 1. The van der Waals surface area contributed by atoms with Gasteiger partial charge in [-0.05, 0) is 26.3 Å². The van der Waals surface area contributed by atoms with Gasteiger partial charge in [-0.3, -0.25) is 14.5 Å². The lowest BCUT2D eigenvalue weighted by Crippen LogP contribution is -2.41. The van der Waals surface area contributed by atoms with Crippen LogP contribution in [0.4, 0.5) is 4.79 Å². The Labute approximate surface area is 163 Å². The minimum Gasteiger partial charge on any atom is -0.350 e. The summed E-state index contributed by atoms with van der Waals surface area (Å²) in [4.78, 5) is 37.8. The van der Waals surface area contributed by atoms with Gasteiger partial charge >= 0.3 is 6.03 Å². The molecule has 28 heavy (non-hydrogen) atoms.